The van der Waals surface area contributed by atoms with Crippen LogP contribution >= 0.6 is 23.6 Å². The maximum atomic E-state index is 5.68. The summed E-state index contributed by atoms with van der Waals surface area (Å²) in [6.07, 6.45) is 2.75. The quantitative estimate of drug-likeness (QED) is 0.829. The molecule has 2 rings (SSSR count). The van der Waals surface area contributed by atoms with Crippen LogP contribution in [-0.2, 0) is 0 Å². The summed E-state index contributed by atoms with van der Waals surface area (Å²) in [5.74, 6) is 0.782. The predicted octanol–water partition coefficient (Wildman–Crippen LogP) is 3.04. The van der Waals surface area contributed by atoms with Gasteiger partial charge in [0.05, 0.1) is 6.04 Å². The van der Waals surface area contributed by atoms with Crippen LogP contribution < -0.4 is 11.1 Å². The molecule has 2 aromatic rings. The highest BCUT2D eigenvalue weighted by Gasteiger charge is 2.13. The molecule has 4 nitrogen and oxygen atoms in total. The second-order valence-corrected chi connectivity index (χ2v) is 5.59. The summed E-state index contributed by atoms with van der Waals surface area (Å²) in [5.41, 5.74) is 7.40. The molecule has 3 N–H and O–H groups in total. The van der Waals surface area contributed by atoms with Crippen molar-refractivity contribution in [2.45, 2.75) is 26.3 Å². The van der Waals surface area contributed by atoms with E-state index < -0.39 is 0 Å². The second kappa shape index (κ2) is 6.08. The Morgan fingerprint density at radius 3 is 2.89 bits per heavy atom. The minimum absolute atomic E-state index is 0.161. The number of rotatable bonds is 5. The summed E-state index contributed by atoms with van der Waals surface area (Å²) in [5, 5.41) is 6.42. The predicted molar refractivity (Wildman–Crippen MR) is 83.6 cm³/mol. The summed E-state index contributed by atoms with van der Waals surface area (Å²) >= 11 is 6.65. The van der Waals surface area contributed by atoms with Crippen molar-refractivity contribution >= 4 is 34.4 Å². The number of aryl methyl sites for hydroxylation is 1. The number of anilines is 1. The summed E-state index contributed by atoms with van der Waals surface area (Å²) in [4.78, 5) is 9.19. The molecule has 1 atom stereocenters. The monoisotopic (exact) mass is 292 g/mol. The van der Waals surface area contributed by atoms with Crippen molar-refractivity contribution in [2.75, 3.05) is 5.32 Å². The molecule has 0 aliphatic heterocycles. The van der Waals surface area contributed by atoms with Gasteiger partial charge < -0.3 is 11.1 Å². The van der Waals surface area contributed by atoms with Gasteiger partial charge in [0.2, 0.25) is 0 Å². The van der Waals surface area contributed by atoms with E-state index in [-0.39, 0.29) is 6.04 Å². The van der Waals surface area contributed by atoms with Gasteiger partial charge in [-0.15, -0.1) is 11.3 Å². The third kappa shape index (κ3) is 3.48. The molecule has 19 heavy (non-hydrogen) atoms. The van der Waals surface area contributed by atoms with Crippen LogP contribution in [0.15, 0.2) is 23.7 Å². The molecule has 0 saturated heterocycles. The minimum Gasteiger partial charge on any atom is -0.389 e. The van der Waals surface area contributed by atoms with Gasteiger partial charge in [-0.1, -0.05) is 19.1 Å². The van der Waals surface area contributed by atoms with E-state index >= 15 is 0 Å². The summed E-state index contributed by atoms with van der Waals surface area (Å²) in [7, 11) is 0. The highest BCUT2D eigenvalue weighted by molar-refractivity contribution is 7.80. The molecule has 0 aliphatic rings. The average molecular weight is 292 g/mol. The Balaban J connectivity index is 2.24. The van der Waals surface area contributed by atoms with Crippen LogP contribution in [0.4, 0.5) is 5.82 Å². The number of hydrogen-bond donors (Lipinski definition) is 2. The Morgan fingerprint density at radius 1 is 1.53 bits per heavy atom. The maximum absolute atomic E-state index is 5.68. The lowest BCUT2D eigenvalue weighted by molar-refractivity contribution is 0.737. The minimum atomic E-state index is 0.161. The topological polar surface area (TPSA) is 63.8 Å². The standard InChI is InChI=1S/C13H16N4S2/c1-3-10(13-15-4-5-19-13)17-11-7-9(12(14)18)6-8(2)16-11/h4-7,10H,3H2,1-2H3,(H2,14,18)(H,16,17). The van der Waals surface area contributed by atoms with Crippen LogP contribution in [0.2, 0.25) is 0 Å². The Bertz CT molecular complexity index is 566. The summed E-state index contributed by atoms with van der Waals surface area (Å²) < 4.78 is 0. The lowest BCUT2D eigenvalue weighted by atomic mass is 10.2. The fourth-order valence-corrected chi connectivity index (χ4v) is 2.70. The van der Waals surface area contributed by atoms with Crippen LogP contribution in [0.3, 0.4) is 0 Å². The number of thiazole rings is 1. The van der Waals surface area contributed by atoms with Crippen molar-refractivity contribution in [2.24, 2.45) is 5.73 Å². The van der Waals surface area contributed by atoms with E-state index in [0.29, 0.717) is 4.99 Å². The number of hydrogen-bond acceptors (Lipinski definition) is 5. The Kier molecular flexibility index (Phi) is 4.44. The molecule has 0 aromatic carbocycles. The molecule has 0 fully saturated rings. The lowest BCUT2D eigenvalue weighted by Crippen LogP contribution is -2.14. The van der Waals surface area contributed by atoms with Crippen LogP contribution in [0.1, 0.15) is 35.7 Å². The van der Waals surface area contributed by atoms with E-state index in [1.54, 1.807) is 11.3 Å². The summed E-state index contributed by atoms with van der Waals surface area (Å²) in [6.45, 7) is 4.04. The average Bonchev–Trinajstić information content (AvgIpc) is 2.89. The van der Waals surface area contributed by atoms with Crippen LogP contribution in [-0.4, -0.2) is 15.0 Å². The molecule has 0 aliphatic carbocycles. The van der Waals surface area contributed by atoms with Gasteiger partial charge >= 0.3 is 0 Å². The Labute approximate surface area is 122 Å². The lowest BCUT2D eigenvalue weighted by Gasteiger charge is -2.16. The van der Waals surface area contributed by atoms with Crippen molar-refractivity contribution in [1.82, 2.24) is 9.97 Å². The number of aromatic nitrogens is 2. The first-order valence-corrected chi connectivity index (χ1v) is 7.33. The van der Waals surface area contributed by atoms with Crippen molar-refractivity contribution in [3.05, 3.63) is 40.0 Å². The van der Waals surface area contributed by atoms with Crippen LogP contribution in [0.5, 0.6) is 0 Å². The molecule has 6 heteroatoms. The van der Waals surface area contributed by atoms with Crippen LogP contribution in [0.25, 0.3) is 0 Å². The van der Waals surface area contributed by atoms with Crippen LogP contribution in [0, 0.1) is 6.92 Å². The number of thiocarbonyl (C=S) groups is 1. The number of nitrogens with two attached hydrogens (primary N) is 1. The number of nitrogens with one attached hydrogen (secondary N) is 1. The molecule has 0 radical (unpaired) electrons. The molecule has 0 saturated carbocycles. The molecule has 2 aromatic heterocycles. The fraction of sp³-hybridized carbons (Fsp3) is 0.308. The van der Waals surface area contributed by atoms with Crippen molar-refractivity contribution in [1.29, 1.82) is 0 Å². The number of nitrogens with zero attached hydrogens (tertiary/aromatic N) is 2. The van der Waals surface area contributed by atoms with Gasteiger partial charge in [0.15, 0.2) is 0 Å². The molecule has 0 spiro atoms. The smallest absolute Gasteiger partial charge is 0.127 e. The Morgan fingerprint density at radius 2 is 2.32 bits per heavy atom. The first-order chi connectivity index (χ1) is 9.10. The zero-order valence-electron chi connectivity index (χ0n) is 10.9. The fourth-order valence-electron chi connectivity index (χ4n) is 1.81. The van der Waals surface area contributed by atoms with Gasteiger partial charge in [-0.25, -0.2) is 9.97 Å². The van der Waals surface area contributed by atoms with E-state index in [2.05, 4.69) is 22.2 Å². The highest BCUT2D eigenvalue weighted by Crippen LogP contribution is 2.23. The van der Waals surface area contributed by atoms with Gasteiger partial charge in [0.1, 0.15) is 15.8 Å². The van der Waals surface area contributed by atoms with Gasteiger partial charge in [-0.2, -0.15) is 0 Å². The SMILES string of the molecule is CCC(Nc1cc(C(N)=S)cc(C)n1)c1nccs1. The van der Waals surface area contributed by atoms with E-state index in [1.165, 1.54) is 0 Å². The third-order valence-corrected chi connectivity index (χ3v) is 3.84. The molecular weight excluding hydrogens is 276 g/mol. The van der Waals surface area contributed by atoms with Gasteiger partial charge in [0.25, 0.3) is 0 Å². The van der Waals surface area contributed by atoms with Crippen molar-refractivity contribution in [3.63, 3.8) is 0 Å². The van der Waals surface area contributed by atoms with Crippen molar-refractivity contribution < 1.29 is 0 Å². The molecule has 1 unspecified atom stereocenters. The van der Waals surface area contributed by atoms with Gasteiger partial charge in [-0.05, 0) is 25.5 Å². The molecule has 100 valence electrons. The normalized spacial score (nSPS) is 12.1. The zero-order chi connectivity index (χ0) is 13.8. The molecule has 2 heterocycles. The zero-order valence-corrected chi connectivity index (χ0v) is 12.5. The summed E-state index contributed by atoms with van der Waals surface area (Å²) in [6, 6.07) is 3.93. The second-order valence-electron chi connectivity index (χ2n) is 4.22. The van der Waals surface area contributed by atoms with E-state index in [4.69, 9.17) is 18.0 Å². The first-order valence-electron chi connectivity index (χ1n) is 6.04. The van der Waals surface area contributed by atoms with Gasteiger partial charge in [-0.3, -0.25) is 0 Å². The van der Waals surface area contributed by atoms with E-state index in [1.807, 2.05) is 30.6 Å². The Hall–Kier alpha value is -1.53. The van der Waals surface area contributed by atoms with E-state index in [9.17, 15) is 0 Å². The van der Waals surface area contributed by atoms with Gasteiger partial charge in [0, 0.05) is 22.8 Å². The number of pyridine rings is 1. The third-order valence-electron chi connectivity index (χ3n) is 2.72. The molecule has 0 bridgehead atoms. The highest BCUT2D eigenvalue weighted by atomic mass is 32.1. The maximum Gasteiger partial charge on any atom is 0.127 e. The van der Waals surface area contributed by atoms with E-state index in [0.717, 1.165) is 28.5 Å². The van der Waals surface area contributed by atoms with Crippen molar-refractivity contribution in [3.8, 4) is 0 Å². The molecule has 0 amide bonds. The largest absolute Gasteiger partial charge is 0.389 e. The molecular formula is C13H16N4S2. The first kappa shape index (κ1) is 13.9.